The third-order valence-corrected chi connectivity index (χ3v) is 2.49. The van der Waals surface area contributed by atoms with Crippen LogP contribution in [0.1, 0.15) is 0 Å². The lowest BCUT2D eigenvalue weighted by molar-refractivity contribution is -0.854. The molecule has 1 N–H and O–H groups in total. The average molecular weight is 180 g/mol. The summed E-state index contributed by atoms with van der Waals surface area (Å²) in [5.74, 6) is 1.09. The number of hydrogen-bond donors (Lipinski definition) is 1. The maximum Gasteiger partial charge on any atom is 0.150 e. The summed E-state index contributed by atoms with van der Waals surface area (Å²) in [7, 11) is 5.95. The second-order valence-corrected chi connectivity index (χ2v) is 3.58. The summed E-state index contributed by atoms with van der Waals surface area (Å²) in [5, 5.41) is 4.37. The number of hydrogen-bond acceptors (Lipinski definition) is 2. The van der Waals surface area contributed by atoms with Gasteiger partial charge in [0, 0.05) is 19.3 Å². The van der Waals surface area contributed by atoms with Crippen molar-refractivity contribution in [2.45, 2.75) is 0 Å². The Labute approximate surface area is 78.7 Å². The number of nitrogens with zero attached hydrogens (tertiary/aromatic N) is 3. The predicted octanol–water partition coefficient (Wildman–Crippen LogP) is -1.08. The molecule has 4 heteroatoms. The Morgan fingerprint density at radius 2 is 2.15 bits per heavy atom. The van der Waals surface area contributed by atoms with E-state index >= 15 is 0 Å². The molecule has 0 bridgehead atoms. The summed E-state index contributed by atoms with van der Waals surface area (Å²) in [6.07, 6.45) is 1.98. The lowest BCUT2D eigenvalue weighted by Gasteiger charge is -2.33. The van der Waals surface area contributed by atoms with Crippen LogP contribution in [0.25, 0.3) is 0 Å². The number of aryl methyl sites for hydroxylation is 1. The van der Waals surface area contributed by atoms with E-state index in [1.54, 1.807) is 0 Å². The van der Waals surface area contributed by atoms with Gasteiger partial charge in [-0.3, -0.25) is 4.68 Å². The average Bonchev–Trinajstić information content (AvgIpc) is 2.53. The van der Waals surface area contributed by atoms with Crippen molar-refractivity contribution >= 4 is 5.82 Å². The molecule has 0 atom stereocenters. The minimum atomic E-state index is 1.07. The van der Waals surface area contributed by atoms with Crippen LogP contribution in [0.2, 0.25) is 0 Å². The van der Waals surface area contributed by atoms with Crippen molar-refractivity contribution in [2.24, 2.45) is 7.05 Å². The molecule has 1 aromatic rings. The van der Waals surface area contributed by atoms with E-state index in [0.717, 1.165) is 32.0 Å². The molecular formula is C9H16N4. The largest absolute Gasteiger partial charge is 0.465 e. The molecule has 1 saturated heterocycles. The molecule has 1 aromatic heterocycles. The van der Waals surface area contributed by atoms with Crippen LogP contribution in [-0.2, 0) is 7.05 Å². The molecule has 1 fully saturated rings. The molecule has 0 aromatic carbocycles. The number of aromatic nitrogens is 2. The van der Waals surface area contributed by atoms with E-state index in [-0.39, 0.29) is 0 Å². The van der Waals surface area contributed by atoms with Gasteiger partial charge in [-0.25, -0.2) is 0 Å². The highest BCUT2D eigenvalue weighted by Gasteiger charge is 2.15. The van der Waals surface area contributed by atoms with Gasteiger partial charge in [0.1, 0.15) is 0 Å². The summed E-state index contributed by atoms with van der Waals surface area (Å²) in [6, 6.07) is 2.06. The first-order chi connectivity index (χ1) is 6.25. The zero-order valence-corrected chi connectivity index (χ0v) is 8.03. The Morgan fingerprint density at radius 1 is 1.46 bits per heavy atom. The quantitative estimate of drug-likeness (QED) is 0.556. The van der Waals surface area contributed by atoms with Gasteiger partial charge in [-0.1, -0.05) is 0 Å². The van der Waals surface area contributed by atoms with Crippen LogP contribution in [-0.4, -0.2) is 36.0 Å². The Bertz CT molecular complexity index is 273. The maximum absolute atomic E-state index is 4.37. The monoisotopic (exact) mass is 180 g/mol. The highest BCUT2D eigenvalue weighted by Crippen LogP contribution is 2.08. The number of anilines is 1. The molecule has 1 aliphatic heterocycles. The lowest BCUT2D eigenvalue weighted by atomic mass is 10.3. The van der Waals surface area contributed by atoms with E-state index in [4.69, 9.17) is 0 Å². The predicted molar refractivity (Wildman–Crippen MR) is 51.5 cm³/mol. The van der Waals surface area contributed by atoms with Gasteiger partial charge in [-0.2, -0.15) is 12.1 Å². The molecule has 4 nitrogen and oxygen atoms in total. The van der Waals surface area contributed by atoms with E-state index < -0.39 is 0 Å². The van der Waals surface area contributed by atoms with Crippen molar-refractivity contribution in [1.29, 1.82) is 0 Å². The SMILES string of the molecule is [CH2-][NH+]1CCN(c2ccn(C)n2)CC1. The lowest BCUT2D eigenvalue weighted by Crippen LogP contribution is -3.10. The first kappa shape index (κ1) is 8.56. The number of nitrogens with one attached hydrogen (secondary N) is 1. The molecule has 2 rings (SSSR count). The fourth-order valence-electron chi connectivity index (χ4n) is 1.62. The highest BCUT2D eigenvalue weighted by molar-refractivity contribution is 5.36. The number of rotatable bonds is 1. The van der Waals surface area contributed by atoms with Crippen LogP contribution in [0.5, 0.6) is 0 Å². The topological polar surface area (TPSA) is 25.5 Å². The van der Waals surface area contributed by atoms with Gasteiger partial charge >= 0.3 is 0 Å². The second-order valence-electron chi connectivity index (χ2n) is 3.58. The summed E-state index contributed by atoms with van der Waals surface area (Å²) < 4.78 is 1.85. The molecule has 0 aliphatic carbocycles. The van der Waals surface area contributed by atoms with Crippen molar-refractivity contribution in [3.05, 3.63) is 19.3 Å². The second kappa shape index (κ2) is 3.38. The van der Waals surface area contributed by atoms with E-state index in [9.17, 15) is 0 Å². The molecule has 72 valence electrons. The molecule has 2 heterocycles. The first-order valence-electron chi connectivity index (χ1n) is 4.67. The highest BCUT2D eigenvalue weighted by atomic mass is 15.4. The maximum atomic E-state index is 4.37. The van der Waals surface area contributed by atoms with E-state index in [2.05, 4.69) is 23.1 Å². The van der Waals surface area contributed by atoms with Gasteiger partial charge in [0.15, 0.2) is 5.82 Å². The Balaban J connectivity index is 2.02. The summed E-state index contributed by atoms with van der Waals surface area (Å²) in [5.41, 5.74) is 0. The van der Waals surface area contributed by atoms with E-state index in [1.807, 2.05) is 17.9 Å². The van der Waals surface area contributed by atoms with Gasteiger partial charge in [0.05, 0.1) is 26.2 Å². The molecule has 0 saturated carbocycles. The van der Waals surface area contributed by atoms with Crippen LogP contribution >= 0.6 is 0 Å². The van der Waals surface area contributed by atoms with Crippen molar-refractivity contribution in [1.82, 2.24) is 9.78 Å². The Hall–Kier alpha value is -1.03. The van der Waals surface area contributed by atoms with E-state index in [0.29, 0.717) is 0 Å². The fraction of sp³-hybridized carbons (Fsp3) is 0.556. The summed E-state index contributed by atoms with van der Waals surface area (Å²) in [4.78, 5) is 3.68. The van der Waals surface area contributed by atoms with E-state index in [1.165, 1.54) is 4.90 Å². The third kappa shape index (κ3) is 1.83. The normalized spacial score (nSPS) is 19.4. The molecule has 0 amide bonds. The minimum Gasteiger partial charge on any atom is -0.465 e. The summed E-state index contributed by atoms with van der Waals surface area (Å²) in [6.45, 7) is 4.35. The standard InChI is InChI=1S/C9H16N4/c1-11-5-7-13(8-6-11)9-3-4-12(2)10-9/h3-4,11H,1,5-8H2,2H3. The van der Waals surface area contributed by atoms with Crippen LogP contribution in [0.4, 0.5) is 5.82 Å². The Morgan fingerprint density at radius 3 is 2.69 bits per heavy atom. The first-order valence-corrected chi connectivity index (χ1v) is 4.67. The number of piperazine rings is 1. The zero-order valence-electron chi connectivity index (χ0n) is 8.03. The molecule has 0 spiro atoms. The van der Waals surface area contributed by atoms with Crippen LogP contribution in [0.15, 0.2) is 12.3 Å². The fourth-order valence-corrected chi connectivity index (χ4v) is 1.62. The van der Waals surface area contributed by atoms with Gasteiger partial charge in [-0.15, -0.1) is 0 Å². The molecule has 1 aliphatic rings. The molecule has 0 radical (unpaired) electrons. The molecule has 13 heavy (non-hydrogen) atoms. The van der Waals surface area contributed by atoms with Crippen molar-refractivity contribution in [3.63, 3.8) is 0 Å². The summed E-state index contributed by atoms with van der Waals surface area (Å²) >= 11 is 0. The van der Waals surface area contributed by atoms with Crippen molar-refractivity contribution in [3.8, 4) is 0 Å². The molecule has 0 unspecified atom stereocenters. The minimum absolute atomic E-state index is 1.07. The zero-order chi connectivity index (χ0) is 9.26. The van der Waals surface area contributed by atoms with Gasteiger partial charge < -0.3 is 9.80 Å². The smallest absolute Gasteiger partial charge is 0.150 e. The van der Waals surface area contributed by atoms with Gasteiger partial charge in [0.2, 0.25) is 0 Å². The van der Waals surface area contributed by atoms with Crippen LogP contribution < -0.4 is 9.80 Å². The van der Waals surface area contributed by atoms with Crippen molar-refractivity contribution < 1.29 is 4.90 Å². The van der Waals surface area contributed by atoms with Crippen LogP contribution in [0, 0.1) is 7.05 Å². The molecular weight excluding hydrogens is 164 g/mol. The van der Waals surface area contributed by atoms with Crippen molar-refractivity contribution in [2.75, 3.05) is 31.1 Å². The van der Waals surface area contributed by atoms with Gasteiger partial charge in [0.25, 0.3) is 0 Å². The van der Waals surface area contributed by atoms with Crippen LogP contribution in [0.3, 0.4) is 0 Å². The Kier molecular flexibility index (Phi) is 2.22. The third-order valence-electron chi connectivity index (χ3n) is 2.49. The van der Waals surface area contributed by atoms with Gasteiger partial charge in [-0.05, 0) is 0 Å². The number of quaternary nitrogens is 1.